The van der Waals surface area contributed by atoms with Crippen LogP contribution in [0, 0.1) is 20.8 Å². The zero-order chi connectivity index (χ0) is 22.2. The molecule has 1 aromatic heterocycles. The maximum atomic E-state index is 10.3. The van der Waals surface area contributed by atoms with Gasteiger partial charge < -0.3 is 15.4 Å². The first kappa shape index (κ1) is 21.4. The number of nitrogens with one attached hydrogen (secondary N) is 3. The monoisotopic (exact) mass is 441 g/mol. The molecule has 164 valence electrons. The summed E-state index contributed by atoms with van der Waals surface area (Å²) in [6.45, 7) is 6.46. The van der Waals surface area contributed by atoms with Crippen LogP contribution in [-0.2, 0) is 6.42 Å². The van der Waals surface area contributed by atoms with Crippen LogP contribution in [0.1, 0.15) is 22.3 Å². The lowest BCUT2D eigenvalue weighted by molar-refractivity contribution is 0.408. The van der Waals surface area contributed by atoms with Crippen LogP contribution in [0.3, 0.4) is 0 Å². The predicted molar refractivity (Wildman–Crippen MR) is 125 cm³/mol. The van der Waals surface area contributed by atoms with E-state index in [1.165, 1.54) is 0 Å². The van der Waals surface area contributed by atoms with Gasteiger partial charge in [0.15, 0.2) is 0 Å². The van der Waals surface area contributed by atoms with E-state index >= 15 is 0 Å². The molecular formula is C22H27N5O3S. The van der Waals surface area contributed by atoms with Crippen LogP contribution in [0.15, 0.2) is 41.4 Å². The van der Waals surface area contributed by atoms with Gasteiger partial charge in [-0.2, -0.15) is 4.98 Å². The van der Waals surface area contributed by atoms with Crippen molar-refractivity contribution in [2.75, 3.05) is 24.3 Å². The van der Waals surface area contributed by atoms with Gasteiger partial charge in [-0.1, -0.05) is 6.07 Å². The Bertz CT molecular complexity index is 1110. The minimum Gasteiger partial charge on any atom is -0.496 e. The number of aromatic nitrogens is 2. The van der Waals surface area contributed by atoms with Crippen molar-refractivity contribution in [2.24, 2.45) is 0 Å². The topological polar surface area (TPSA) is 112 Å². The second kappa shape index (κ2) is 8.35. The minimum absolute atomic E-state index is 0.459. The van der Waals surface area contributed by atoms with Gasteiger partial charge in [-0.25, -0.2) is 9.71 Å². The van der Waals surface area contributed by atoms with Crippen LogP contribution >= 0.6 is 10.8 Å². The fraction of sp³-hybridized carbons (Fsp3) is 0.273. The molecule has 0 bridgehead atoms. The number of hydrogen-bond acceptors (Lipinski definition) is 8. The van der Waals surface area contributed by atoms with E-state index in [9.17, 15) is 9.11 Å². The van der Waals surface area contributed by atoms with E-state index in [4.69, 9.17) is 4.74 Å². The van der Waals surface area contributed by atoms with Gasteiger partial charge >= 0.3 is 0 Å². The largest absolute Gasteiger partial charge is 0.496 e. The summed E-state index contributed by atoms with van der Waals surface area (Å²) in [5, 5.41) is 6.53. The second-order valence-corrected chi connectivity index (χ2v) is 9.46. The van der Waals surface area contributed by atoms with E-state index in [1.807, 2.05) is 45.0 Å². The van der Waals surface area contributed by atoms with Crippen LogP contribution in [0.2, 0.25) is 0 Å². The fourth-order valence-corrected chi connectivity index (χ4v) is 5.12. The molecule has 0 saturated heterocycles. The molecule has 5 N–H and O–H groups in total. The van der Waals surface area contributed by atoms with Crippen molar-refractivity contribution < 1.29 is 13.8 Å². The first-order valence-electron chi connectivity index (χ1n) is 9.95. The van der Waals surface area contributed by atoms with Crippen molar-refractivity contribution >= 4 is 33.9 Å². The second-order valence-electron chi connectivity index (χ2n) is 7.63. The Morgan fingerprint density at radius 2 is 1.74 bits per heavy atom. The molecule has 1 aliphatic rings. The summed E-state index contributed by atoms with van der Waals surface area (Å²) in [5.41, 5.74) is 5.46. The molecule has 0 unspecified atom stereocenters. The average molecular weight is 442 g/mol. The molecule has 4 rings (SSSR count). The SMILES string of the molecule is COc1c(C)cc(Nc2ncc(C)c(Nc3ccc4c(c3)S(O)(O)NCC4)n2)cc1C. The summed E-state index contributed by atoms with van der Waals surface area (Å²) < 4.78 is 28.9. The highest BCUT2D eigenvalue weighted by Gasteiger charge is 2.24. The number of anilines is 4. The van der Waals surface area contributed by atoms with Gasteiger partial charge in [0.1, 0.15) is 11.6 Å². The fourth-order valence-electron chi connectivity index (χ4n) is 3.75. The molecule has 3 aromatic rings. The lowest BCUT2D eigenvalue weighted by atomic mass is 10.1. The van der Waals surface area contributed by atoms with Crippen LogP contribution in [0.5, 0.6) is 5.75 Å². The number of nitrogens with zero attached hydrogens (tertiary/aromatic N) is 2. The summed E-state index contributed by atoms with van der Waals surface area (Å²) in [5.74, 6) is 1.96. The van der Waals surface area contributed by atoms with Gasteiger partial charge in [-0.3, -0.25) is 9.11 Å². The molecule has 0 fully saturated rings. The summed E-state index contributed by atoms with van der Waals surface area (Å²) in [6, 6.07) is 9.59. The van der Waals surface area contributed by atoms with E-state index in [-0.39, 0.29) is 0 Å². The van der Waals surface area contributed by atoms with Gasteiger partial charge in [-0.15, -0.1) is 10.8 Å². The lowest BCUT2D eigenvalue weighted by Gasteiger charge is -2.38. The van der Waals surface area contributed by atoms with Crippen LogP contribution in [0.25, 0.3) is 0 Å². The smallest absolute Gasteiger partial charge is 0.229 e. The van der Waals surface area contributed by atoms with Crippen molar-refractivity contribution in [3.8, 4) is 5.75 Å². The van der Waals surface area contributed by atoms with Gasteiger partial charge in [-0.05, 0) is 68.1 Å². The van der Waals surface area contributed by atoms with Gasteiger partial charge in [0, 0.05) is 29.7 Å². The number of methoxy groups -OCH3 is 1. The van der Waals surface area contributed by atoms with E-state index in [0.717, 1.165) is 45.8 Å². The summed E-state index contributed by atoms with van der Waals surface area (Å²) >= 11 is 0. The average Bonchev–Trinajstić information content (AvgIpc) is 2.71. The molecule has 2 aromatic carbocycles. The molecule has 31 heavy (non-hydrogen) atoms. The van der Waals surface area contributed by atoms with E-state index in [2.05, 4.69) is 25.3 Å². The first-order valence-corrected chi connectivity index (χ1v) is 11.5. The normalized spacial score (nSPS) is 15.7. The predicted octanol–water partition coefficient (Wildman–Crippen LogP) is 5.07. The Labute approximate surface area is 183 Å². The van der Waals surface area contributed by atoms with Crippen molar-refractivity contribution in [1.82, 2.24) is 14.7 Å². The van der Waals surface area contributed by atoms with Gasteiger partial charge in [0.25, 0.3) is 0 Å². The highest BCUT2D eigenvalue weighted by atomic mass is 32.3. The van der Waals surface area contributed by atoms with Crippen molar-refractivity contribution in [2.45, 2.75) is 32.1 Å². The third-order valence-corrected chi connectivity index (χ3v) is 6.83. The lowest BCUT2D eigenvalue weighted by Crippen LogP contribution is -2.28. The van der Waals surface area contributed by atoms with E-state index in [1.54, 1.807) is 19.4 Å². The Morgan fingerprint density at radius 1 is 1.00 bits per heavy atom. The molecule has 1 aliphatic heterocycles. The maximum absolute atomic E-state index is 10.3. The summed E-state index contributed by atoms with van der Waals surface area (Å²) in [7, 11) is -1.31. The number of benzene rings is 2. The van der Waals surface area contributed by atoms with E-state index < -0.39 is 10.8 Å². The molecule has 8 nitrogen and oxygen atoms in total. The third-order valence-electron chi connectivity index (χ3n) is 5.23. The molecule has 0 saturated carbocycles. The van der Waals surface area contributed by atoms with Gasteiger partial charge in [0.05, 0.1) is 12.0 Å². The number of hydrogen-bond donors (Lipinski definition) is 5. The highest BCUT2D eigenvalue weighted by Crippen LogP contribution is 2.49. The van der Waals surface area contributed by atoms with Crippen molar-refractivity contribution in [3.63, 3.8) is 0 Å². The summed E-state index contributed by atoms with van der Waals surface area (Å²) in [6.07, 6.45) is 2.50. The standard InChI is InChI=1S/C22H27N5O3S/c1-13-9-18(10-14(2)20(13)30-4)26-22-23-12-15(3)21(27-22)25-17-6-5-16-7-8-24-31(28,29)19(16)11-17/h5-6,9-12,24,28-29H,7-8H2,1-4H3,(H2,23,25,26,27). The zero-order valence-corrected chi connectivity index (χ0v) is 18.8. The van der Waals surface area contributed by atoms with Crippen LogP contribution < -0.4 is 20.1 Å². The number of ether oxygens (including phenoxy) is 1. The minimum atomic E-state index is -2.98. The zero-order valence-electron chi connectivity index (χ0n) is 18.0. The van der Waals surface area contributed by atoms with Crippen molar-refractivity contribution in [3.05, 3.63) is 58.8 Å². The molecular weight excluding hydrogens is 414 g/mol. The Kier molecular flexibility index (Phi) is 5.76. The first-order chi connectivity index (χ1) is 14.8. The van der Waals surface area contributed by atoms with Gasteiger partial charge in [0.2, 0.25) is 5.95 Å². The van der Waals surface area contributed by atoms with Crippen LogP contribution in [-0.4, -0.2) is 32.7 Å². The molecule has 2 heterocycles. The third kappa shape index (κ3) is 4.45. The highest BCUT2D eigenvalue weighted by molar-refractivity contribution is 8.22. The summed E-state index contributed by atoms with van der Waals surface area (Å²) in [4.78, 5) is 9.53. The number of rotatable bonds is 5. The quantitative estimate of drug-likeness (QED) is 0.373. The number of fused-ring (bicyclic) bond motifs is 1. The molecule has 0 aliphatic carbocycles. The Morgan fingerprint density at radius 3 is 2.45 bits per heavy atom. The van der Waals surface area contributed by atoms with Crippen molar-refractivity contribution in [1.29, 1.82) is 0 Å². The molecule has 0 amide bonds. The van der Waals surface area contributed by atoms with Crippen LogP contribution in [0.4, 0.5) is 23.1 Å². The van der Waals surface area contributed by atoms with E-state index in [0.29, 0.717) is 23.2 Å². The molecule has 0 atom stereocenters. The molecule has 9 heteroatoms. The number of aryl methyl sites for hydroxylation is 3. The maximum Gasteiger partial charge on any atom is 0.229 e. The molecule has 0 radical (unpaired) electrons. The molecule has 0 spiro atoms. The Hall–Kier alpha value is -2.85. The Balaban J connectivity index is 1.59.